The molecular weight excluding hydrogens is 170 g/mol. The van der Waals surface area contributed by atoms with Crippen LogP contribution in [0.15, 0.2) is 0 Å². The first-order chi connectivity index (χ1) is 6.19. The van der Waals surface area contributed by atoms with Crippen molar-refractivity contribution in [2.24, 2.45) is 0 Å². The second-order valence-corrected chi connectivity index (χ2v) is 3.08. The lowest BCUT2D eigenvalue weighted by molar-refractivity contribution is -0.123. The van der Waals surface area contributed by atoms with Gasteiger partial charge in [0.1, 0.15) is 0 Å². The molecule has 1 fully saturated rings. The van der Waals surface area contributed by atoms with Crippen LogP contribution in [0.2, 0.25) is 0 Å². The van der Waals surface area contributed by atoms with Gasteiger partial charge in [0.25, 0.3) is 0 Å². The van der Waals surface area contributed by atoms with Gasteiger partial charge in [-0.3, -0.25) is 14.9 Å². The van der Waals surface area contributed by atoms with Crippen LogP contribution < -0.4 is 16.0 Å². The SMILES string of the molecule is CNC(=O)C1CCC(C(=O)NC)N1. The van der Waals surface area contributed by atoms with Crippen LogP contribution in [0.25, 0.3) is 0 Å². The zero-order valence-electron chi connectivity index (χ0n) is 7.89. The lowest BCUT2D eigenvalue weighted by Crippen LogP contribution is -2.46. The maximum absolute atomic E-state index is 11.2. The summed E-state index contributed by atoms with van der Waals surface area (Å²) >= 11 is 0. The smallest absolute Gasteiger partial charge is 0.236 e. The third-order valence-electron chi connectivity index (χ3n) is 2.27. The first kappa shape index (κ1) is 9.98. The van der Waals surface area contributed by atoms with Crippen molar-refractivity contribution in [1.82, 2.24) is 16.0 Å². The van der Waals surface area contributed by atoms with E-state index in [4.69, 9.17) is 0 Å². The quantitative estimate of drug-likeness (QED) is 0.495. The second-order valence-electron chi connectivity index (χ2n) is 3.08. The topological polar surface area (TPSA) is 70.2 Å². The minimum atomic E-state index is -0.215. The molecule has 5 heteroatoms. The summed E-state index contributed by atoms with van der Waals surface area (Å²) in [6.07, 6.45) is 1.44. The van der Waals surface area contributed by atoms with E-state index in [0.717, 1.165) is 12.8 Å². The largest absolute Gasteiger partial charge is 0.358 e. The van der Waals surface area contributed by atoms with Gasteiger partial charge in [-0.2, -0.15) is 0 Å². The van der Waals surface area contributed by atoms with E-state index in [2.05, 4.69) is 16.0 Å². The van der Waals surface area contributed by atoms with E-state index in [1.165, 1.54) is 0 Å². The highest BCUT2D eigenvalue weighted by atomic mass is 16.2. The first-order valence-electron chi connectivity index (χ1n) is 4.38. The van der Waals surface area contributed by atoms with Gasteiger partial charge in [0.2, 0.25) is 11.8 Å². The fourth-order valence-corrected chi connectivity index (χ4v) is 1.50. The second kappa shape index (κ2) is 4.23. The van der Waals surface area contributed by atoms with E-state index in [1.807, 2.05) is 0 Å². The van der Waals surface area contributed by atoms with Crippen LogP contribution in [-0.2, 0) is 9.59 Å². The molecule has 0 aromatic heterocycles. The van der Waals surface area contributed by atoms with E-state index >= 15 is 0 Å². The molecule has 2 amide bonds. The Morgan fingerprint density at radius 2 is 1.46 bits per heavy atom. The molecule has 1 saturated heterocycles. The van der Waals surface area contributed by atoms with Crippen LogP contribution in [-0.4, -0.2) is 38.0 Å². The van der Waals surface area contributed by atoms with Crippen LogP contribution >= 0.6 is 0 Å². The van der Waals surface area contributed by atoms with Gasteiger partial charge < -0.3 is 10.6 Å². The molecular formula is C8H15N3O2. The van der Waals surface area contributed by atoms with Crippen molar-refractivity contribution in [3.8, 4) is 0 Å². The molecule has 0 aromatic carbocycles. The summed E-state index contributed by atoms with van der Waals surface area (Å²) in [6, 6.07) is -0.431. The van der Waals surface area contributed by atoms with E-state index in [0.29, 0.717) is 0 Å². The maximum atomic E-state index is 11.2. The monoisotopic (exact) mass is 185 g/mol. The molecule has 0 aromatic rings. The molecule has 5 nitrogen and oxygen atoms in total. The van der Waals surface area contributed by atoms with Crippen LogP contribution in [0.5, 0.6) is 0 Å². The van der Waals surface area contributed by atoms with Crippen molar-refractivity contribution in [1.29, 1.82) is 0 Å². The van der Waals surface area contributed by atoms with E-state index < -0.39 is 0 Å². The molecule has 0 radical (unpaired) electrons. The Kier molecular flexibility index (Phi) is 3.25. The lowest BCUT2D eigenvalue weighted by Gasteiger charge is -2.11. The van der Waals surface area contributed by atoms with Gasteiger partial charge in [-0.15, -0.1) is 0 Å². The van der Waals surface area contributed by atoms with Gasteiger partial charge in [-0.05, 0) is 12.8 Å². The van der Waals surface area contributed by atoms with Gasteiger partial charge in [0.05, 0.1) is 12.1 Å². The molecule has 13 heavy (non-hydrogen) atoms. The summed E-state index contributed by atoms with van der Waals surface area (Å²) in [4.78, 5) is 22.3. The number of rotatable bonds is 2. The fourth-order valence-electron chi connectivity index (χ4n) is 1.50. The molecule has 2 atom stereocenters. The average Bonchev–Trinajstić information content (AvgIpc) is 2.64. The van der Waals surface area contributed by atoms with Gasteiger partial charge in [-0.25, -0.2) is 0 Å². The summed E-state index contributed by atoms with van der Waals surface area (Å²) in [5, 5.41) is 8.07. The predicted octanol–water partition coefficient (Wildman–Crippen LogP) is -1.40. The predicted molar refractivity (Wildman–Crippen MR) is 48.1 cm³/mol. The van der Waals surface area contributed by atoms with Crippen LogP contribution in [0, 0.1) is 0 Å². The fraction of sp³-hybridized carbons (Fsp3) is 0.750. The number of carbonyl (C=O) groups excluding carboxylic acids is 2. The molecule has 0 bridgehead atoms. The number of hydrogen-bond acceptors (Lipinski definition) is 3. The summed E-state index contributed by atoms with van der Waals surface area (Å²) in [5.74, 6) is -0.0993. The molecule has 2 unspecified atom stereocenters. The van der Waals surface area contributed by atoms with Crippen molar-refractivity contribution in [3.63, 3.8) is 0 Å². The van der Waals surface area contributed by atoms with Crippen molar-refractivity contribution < 1.29 is 9.59 Å². The Balaban J connectivity index is 2.44. The molecule has 1 aliphatic heterocycles. The molecule has 0 aliphatic carbocycles. The van der Waals surface area contributed by atoms with Crippen LogP contribution in [0.4, 0.5) is 0 Å². The summed E-state index contributed by atoms with van der Waals surface area (Å²) in [7, 11) is 3.19. The van der Waals surface area contributed by atoms with Crippen molar-refractivity contribution >= 4 is 11.8 Å². The summed E-state index contributed by atoms with van der Waals surface area (Å²) < 4.78 is 0. The zero-order chi connectivity index (χ0) is 9.84. The Morgan fingerprint density at radius 1 is 1.08 bits per heavy atom. The van der Waals surface area contributed by atoms with E-state index in [1.54, 1.807) is 14.1 Å². The molecule has 1 rings (SSSR count). The average molecular weight is 185 g/mol. The number of amides is 2. The number of carbonyl (C=O) groups is 2. The third-order valence-corrected chi connectivity index (χ3v) is 2.27. The highest BCUT2D eigenvalue weighted by Crippen LogP contribution is 2.12. The van der Waals surface area contributed by atoms with E-state index in [9.17, 15) is 9.59 Å². The zero-order valence-corrected chi connectivity index (χ0v) is 7.89. The van der Waals surface area contributed by atoms with Crippen LogP contribution in [0.1, 0.15) is 12.8 Å². The van der Waals surface area contributed by atoms with Gasteiger partial charge >= 0.3 is 0 Å². The Morgan fingerprint density at radius 3 is 1.77 bits per heavy atom. The molecule has 0 saturated carbocycles. The summed E-state index contributed by atoms with van der Waals surface area (Å²) in [6.45, 7) is 0. The first-order valence-corrected chi connectivity index (χ1v) is 4.38. The van der Waals surface area contributed by atoms with E-state index in [-0.39, 0.29) is 23.9 Å². The van der Waals surface area contributed by atoms with Crippen molar-refractivity contribution in [2.45, 2.75) is 24.9 Å². The number of hydrogen-bond donors (Lipinski definition) is 3. The standard InChI is InChI=1S/C8H15N3O2/c1-9-7(12)5-3-4-6(11-5)8(13)10-2/h5-6,11H,3-4H2,1-2H3,(H,9,12)(H,10,13). The lowest BCUT2D eigenvalue weighted by atomic mass is 10.2. The number of likely N-dealkylation sites (N-methyl/N-ethyl adjacent to an activating group) is 2. The molecule has 3 N–H and O–H groups in total. The highest BCUT2D eigenvalue weighted by molar-refractivity contribution is 5.86. The summed E-state index contributed by atoms with van der Waals surface area (Å²) in [5.41, 5.74) is 0. The molecule has 1 heterocycles. The van der Waals surface area contributed by atoms with Gasteiger partial charge in [0.15, 0.2) is 0 Å². The van der Waals surface area contributed by atoms with Crippen molar-refractivity contribution in [3.05, 3.63) is 0 Å². The Labute approximate surface area is 77.3 Å². The van der Waals surface area contributed by atoms with Crippen molar-refractivity contribution in [2.75, 3.05) is 14.1 Å². The van der Waals surface area contributed by atoms with Crippen LogP contribution in [0.3, 0.4) is 0 Å². The van der Waals surface area contributed by atoms with Gasteiger partial charge in [-0.1, -0.05) is 0 Å². The molecule has 1 aliphatic rings. The third kappa shape index (κ3) is 2.18. The minimum absolute atomic E-state index is 0.0496. The highest BCUT2D eigenvalue weighted by Gasteiger charge is 2.31. The number of nitrogens with one attached hydrogen (secondary N) is 3. The Bertz CT molecular complexity index is 195. The van der Waals surface area contributed by atoms with Gasteiger partial charge in [0, 0.05) is 14.1 Å². The normalized spacial score (nSPS) is 26.9. The Hall–Kier alpha value is -1.10. The molecule has 74 valence electrons. The minimum Gasteiger partial charge on any atom is -0.358 e. The molecule has 0 spiro atoms. The maximum Gasteiger partial charge on any atom is 0.236 e.